The van der Waals surface area contributed by atoms with Gasteiger partial charge in [0.15, 0.2) is 0 Å². The van der Waals surface area contributed by atoms with Crippen LogP contribution in [0.3, 0.4) is 0 Å². The summed E-state index contributed by atoms with van der Waals surface area (Å²) in [5, 5.41) is 0. The van der Waals surface area contributed by atoms with E-state index in [4.69, 9.17) is 0 Å². The first kappa shape index (κ1) is 12.9. The first-order valence-electron chi connectivity index (χ1n) is 5.99. The maximum absolute atomic E-state index is 11.0. The zero-order valence-corrected chi connectivity index (χ0v) is 11.2. The largest absolute Gasteiger partial charge is 0.300 e. The maximum Gasteiger partial charge on any atom is 0.134 e. The van der Waals surface area contributed by atoms with Crippen LogP contribution in [0.25, 0.3) is 0 Å². The number of hydrogen-bond donors (Lipinski definition) is 0. The van der Waals surface area contributed by atoms with Gasteiger partial charge in [-0.25, -0.2) is 0 Å². The van der Waals surface area contributed by atoms with Crippen molar-refractivity contribution in [3.63, 3.8) is 0 Å². The predicted octanol–water partition coefficient (Wildman–Crippen LogP) is 4.11. The van der Waals surface area contributed by atoms with Gasteiger partial charge < -0.3 is 0 Å². The molecule has 0 spiro atoms. The van der Waals surface area contributed by atoms with Crippen LogP contribution in [0.2, 0.25) is 0 Å². The van der Waals surface area contributed by atoms with E-state index >= 15 is 0 Å². The zero-order chi connectivity index (χ0) is 12.8. The van der Waals surface area contributed by atoms with E-state index in [1.807, 2.05) is 30.0 Å². The van der Waals surface area contributed by atoms with Crippen molar-refractivity contribution < 1.29 is 4.79 Å². The quantitative estimate of drug-likeness (QED) is 0.749. The van der Waals surface area contributed by atoms with Crippen LogP contribution in [-0.4, -0.2) is 5.78 Å². The third-order valence-electron chi connectivity index (χ3n) is 2.62. The molecule has 0 heterocycles. The zero-order valence-electron chi connectivity index (χ0n) is 10.4. The van der Waals surface area contributed by atoms with Crippen molar-refractivity contribution in [2.75, 3.05) is 0 Å². The summed E-state index contributed by atoms with van der Waals surface area (Å²) < 4.78 is 0. The molecule has 2 rings (SSSR count). The Morgan fingerprint density at radius 2 is 1.61 bits per heavy atom. The van der Waals surface area contributed by atoms with Crippen molar-refractivity contribution in [3.05, 3.63) is 65.7 Å². The van der Waals surface area contributed by atoms with Gasteiger partial charge in [0.25, 0.3) is 0 Å². The van der Waals surface area contributed by atoms with Gasteiger partial charge in [0, 0.05) is 17.1 Å². The second-order valence-electron chi connectivity index (χ2n) is 4.30. The van der Waals surface area contributed by atoms with Crippen molar-refractivity contribution in [2.45, 2.75) is 24.0 Å². The van der Waals surface area contributed by atoms with Gasteiger partial charge in [-0.15, -0.1) is 11.8 Å². The van der Waals surface area contributed by atoms with Crippen molar-refractivity contribution in [2.24, 2.45) is 0 Å². The molecule has 0 saturated carbocycles. The van der Waals surface area contributed by atoms with Crippen LogP contribution in [0, 0.1) is 0 Å². The molecular weight excluding hydrogens is 240 g/mol. The minimum atomic E-state index is 0.208. The predicted molar refractivity (Wildman–Crippen MR) is 76.8 cm³/mol. The fourth-order valence-corrected chi connectivity index (χ4v) is 2.59. The summed E-state index contributed by atoms with van der Waals surface area (Å²) in [6, 6.07) is 18.7. The molecule has 2 aromatic carbocycles. The number of carbonyl (C=O) groups is 1. The van der Waals surface area contributed by atoms with Crippen molar-refractivity contribution in [3.8, 4) is 0 Å². The molecule has 0 aromatic heterocycles. The van der Waals surface area contributed by atoms with Crippen LogP contribution >= 0.6 is 11.8 Å². The Bertz CT molecular complexity index is 502. The Kier molecular flexibility index (Phi) is 4.59. The molecule has 0 N–H and O–H groups in total. The second-order valence-corrected chi connectivity index (χ2v) is 5.35. The van der Waals surface area contributed by atoms with E-state index in [0.29, 0.717) is 6.42 Å². The first-order valence-corrected chi connectivity index (χ1v) is 6.98. The van der Waals surface area contributed by atoms with E-state index in [1.54, 1.807) is 6.92 Å². The van der Waals surface area contributed by atoms with Gasteiger partial charge in [0.2, 0.25) is 0 Å². The first-order chi connectivity index (χ1) is 8.74. The Morgan fingerprint density at radius 3 is 2.22 bits per heavy atom. The third kappa shape index (κ3) is 4.04. The van der Waals surface area contributed by atoms with Crippen LogP contribution in [0.15, 0.2) is 59.5 Å². The minimum Gasteiger partial charge on any atom is -0.300 e. The Labute approximate surface area is 112 Å². The third-order valence-corrected chi connectivity index (χ3v) is 3.71. The molecule has 0 amide bonds. The maximum atomic E-state index is 11.0. The lowest BCUT2D eigenvalue weighted by Crippen LogP contribution is -1.95. The molecule has 18 heavy (non-hydrogen) atoms. The topological polar surface area (TPSA) is 17.1 Å². The van der Waals surface area contributed by atoms with E-state index in [1.165, 1.54) is 10.5 Å². The summed E-state index contributed by atoms with van der Waals surface area (Å²) in [4.78, 5) is 12.2. The summed E-state index contributed by atoms with van der Waals surface area (Å²) in [6.07, 6.45) is 0.531. The van der Waals surface area contributed by atoms with E-state index in [9.17, 15) is 4.79 Å². The number of thioether (sulfide) groups is 1. The molecule has 0 aliphatic rings. The van der Waals surface area contributed by atoms with Crippen LogP contribution in [0.5, 0.6) is 0 Å². The molecule has 2 aromatic rings. The van der Waals surface area contributed by atoms with Gasteiger partial charge in [0.1, 0.15) is 5.78 Å². The lowest BCUT2D eigenvalue weighted by atomic mass is 10.1. The molecule has 0 atom stereocenters. The van der Waals surface area contributed by atoms with Crippen LogP contribution in [-0.2, 0) is 17.0 Å². The second kappa shape index (κ2) is 6.41. The summed E-state index contributed by atoms with van der Waals surface area (Å²) in [7, 11) is 0. The Hall–Kier alpha value is -1.54. The van der Waals surface area contributed by atoms with E-state index < -0.39 is 0 Å². The molecular formula is C16H16OS. The van der Waals surface area contributed by atoms with Crippen LogP contribution < -0.4 is 0 Å². The van der Waals surface area contributed by atoms with E-state index in [2.05, 4.69) is 36.4 Å². The molecule has 0 aliphatic carbocycles. The fraction of sp³-hybridized carbons (Fsp3) is 0.188. The molecule has 0 fully saturated rings. The van der Waals surface area contributed by atoms with Gasteiger partial charge in [-0.05, 0) is 30.2 Å². The van der Waals surface area contributed by atoms with Gasteiger partial charge in [0.05, 0.1) is 0 Å². The minimum absolute atomic E-state index is 0.208. The smallest absolute Gasteiger partial charge is 0.134 e. The molecule has 0 unspecified atom stereocenters. The Morgan fingerprint density at radius 1 is 0.944 bits per heavy atom. The average molecular weight is 256 g/mol. The van der Waals surface area contributed by atoms with Gasteiger partial charge >= 0.3 is 0 Å². The molecule has 2 heteroatoms. The van der Waals surface area contributed by atoms with Gasteiger partial charge in [-0.1, -0.05) is 42.5 Å². The van der Waals surface area contributed by atoms with E-state index in [0.717, 1.165) is 11.3 Å². The molecule has 0 bridgehead atoms. The monoisotopic (exact) mass is 256 g/mol. The Balaban J connectivity index is 1.92. The number of carbonyl (C=O) groups excluding carboxylic acids is 1. The molecule has 0 aliphatic heterocycles. The molecule has 0 radical (unpaired) electrons. The molecule has 1 nitrogen and oxygen atoms in total. The number of ketones is 1. The highest BCUT2D eigenvalue weighted by molar-refractivity contribution is 7.98. The van der Waals surface area contributed by atoms with Crippen molar-refractivity contribution in [1.82, 2.24) is 0 Å². The SMILES string of the molecule is CC(=O)Cc1ccc(SCc2ccccc2)cc1. The number of rotatable bonds is 5. The number of benzene rings is 2. The highest BCUT2D eigenvalue weighted by Gasteiger charge is 1.99. The molecule has 0 saturated heterocycles. The normalized spacial score (nSPS) is 10.3. The highest BCUT2D eigenvalue weighted by Crippen LogP contribution is 2.23. The van der Waals surface area contributed by atoms with Gasteiger partial charge in [-0.2, -0.15) is 0 Å². The van der Waals surface area contributed by atoms with E-state index in [-0.39, 0.29) is 5.78 Å². The van der Waals surface area contributed by atoms with Crippen molar-refractivity contribution >= 4 is 17.5 Å². The number of hydrogen-bond acceptors (Lipinski definition) is 2. The number of Topliss-reactive ketones (excluding diaryl/α,β-unsaturated/α-hetero) is 1. The summed E-state index contributed by atoms with van der Waals surface area (Å²) in [6.45, 7) is 1.62. The lowest BCUT2D eigenvalue weighted by Gasteiger charge is -2.03. The van der Waals surface area contributed by atoms with Crippen LogP contribution in [0.1, 0.15) is 18.1 Å². The summed E-state index contributed by atoms with van der Waals surface area (Å²) in [5.41, 5.74) is 2.42. The molecule has 92 valence electrons. The standard InChI is InChI=1S/C16H16OS/c1-13(17)11-14-7-9-16(10-8-14)18-12-15-5-3-2-4-6-15/h2-10H,11-12H2,1H3. The van der Waals surface area contributed by atoms with Crippen molar-refractivity contribution in [1.29, 1.82) is 0 Å². The average Bonchev–Trinajstić information content (AvgIpc) is 2.38. The summed E-state index contributed by atoms with van der Waals surface area (Å²) in [5.74, 6) is 1.19. The lowest BCUT2D eigenvalue weighted by molar-refractivity contribution is -0.116. The highest BCUT2D eigenvalue weighted by atomic mass is 32.2. The fourth-order valence-electron chi connectivity index (χ4n) is 1.73. The van der Waals surface area contributed by atoms with Crippen LogP contribution in [0.4, 0.5) is 0 Å². The van der Waals surface area contributed by atoms with Gasteiger partial charge in [-0.3, -0.25) is 4.79 Å². The summed E-state index contributed by atoms with van der Waals surface area (Å²) >= 11 is 1.82.